The summed E-state index contributed by atoms with van der Waals surface area (Å²) in [5, 5.41) is 0.783. The Kier molecular flexibility index (Phi) is 4.25. The fourth-order valence-electron chi connectivity index (χ4n) is 2.39. The van der Waals surface area contributed by atoms with Gasteiger partial charge in [-0.1, -0.05) is 25.5 Å². The van der Waals surface area contributed by atoms with Crippen molar-refractivity contribution in [3.05, 3.63) is 60.6 Å². The molecule has 0 spiro atoms. The predicted octanol–water partition coefficient (Wildman–Crippen LogP) is 3.38. The number of aryl methyl sites for hydroxylation is 1. The third-order valence-corrected chi connectivity index (χ3v) is 4.93. The smallest absolute Gasteiger partial charge is 0.261 e. The molecule has 6 heteroatoms. The molecule has 3 rings (SSSR count). The molecule has 1 aromatic heterocycles. The van der Waals surface area contributed by atoms with Gasteiger partial charge in [0, 0.05) is 17.3 Å². The topological polar surface area (TPSA) is 72.0 Å². The highest BCUT2D eigenvalue weighted by molar-refractivity contribution is 7.92. The summed E-state index contributed by atoms with van der Waals surface area (Å²) >= 11 is 0. The first kappa shape index (κ1) is 15.4. The van der Waals surface area contributed by atoms with Gasteiger partial charge in [0.05, 0.1) is 10.4 Å². The lowest BCUT2D eigenvalue weighted by molar-refractivity contribution is 0.601. The lowest BCUT2D eigenvalue weighted by Gasteiger charge is -2.09. The van der Waals surface area contributed by atoms with Crippen LogP contribution in [0.2, 0.25) is 0 Å². The fraction of sp³-hybridized carbons (Fsp3) is 0.176. The lowest BCUT2D eigenvalue weighted by atomic mass is 10.1. The van der Waals surface area contributed by atoms with Crippen molar-refractivity contribution in [3.63, 3.8) is 0 Å². The van der Waals surface area contributed by atoms with Crippen molar-refractivity contribution in [2.75, 3.05) is 4.72 Å². The number of nitrogens with one attached hydrogen (secondary N) is 1. The van der Waals surface area contributed by atoms with Crippen LogP contribution in [-0.4, -0.2) is 18.4 Å². The first-order chi connectivity index (χ1) is 11.1. The second-order valence-electron chi connectivity index (χ2n) is 5.30. The van der Waals surface area contributed by atoms with Crippen molar-refractivity contribution in [2.45, 2.75) is 24.7 Å². The van der Waals surface area contributed by atoms with Gasteiger partial charge >= 0.3 is 0 Å². The second kappa shape index (κ2) is 6.34. The zero-order valence-corrected chi connectivity index (χ0v) is 13.5. The zero-order valence-electron chi connectivity index (χ0n) is 12.7. The maximum Gasteiger partial charge on any atom is 0.261 e. The number of anilines is 1. The largest absolute Gasteiger partial charge is 0.280 e. The highest BCUT2D eigenvalue weighted by Gasteiger charge is 2.14. The van der Waals surface area contributed by atoms with E-state index in [1.165, 1.54) is 6.33 Å². The highest BCUT2D eigenvalue weighted by atomic mass is 32.2. The van der Waals surface area contributed by atoms with Gasteiger partial charge in [-0.25, -0.2) is 18.4 Å². The van der Waals surface area contributed by atoms with Crippen molar-refractivity contribution < 1.29 is 8.42 Å². The van der Waals surface area contributed by atoms with E-state index >= 15 is 0 Å². The van der Waals surface area contributed by atoms with E-state index in [1.807, 2.05) is 12.1 Å². The number of nitrogens with zero attached hydrogens (tertiary/aromatic N) is 2. The Hall–Kier alpha value is -2.47. The van der Waals surface area contributed by atoms with Gasteiger partial charge in [-0.3, -0.25) is 4.72 Å². The first-order valence-corrected chi connectivity index (χ1v) is 8.88. The maximum absolute atomic E-state index is 12.5. The third kappa shape index (κ3) is 3.48. The first-order valence-electron chi connectivity index (χ1n) is 7.40. The second-order valence-corrected chi connectivity index (χ2v) is 6.98. The molecule has 0 unspecified atom stereocenters. The lowest BCUT2D eigenvalue weighted by Crippen LogP contribution is -2.12. The molecule has 0 amide bonds. The Morgan fingerprint density at radius 3 is 2.61 bits per heavy atom. The predicted molar refractivity (Wildman–Crippen MR) is 90.8 cm³/mol. The number of aromatic nitrogens is 2. The Labute approximate surface area is 135 Å². The molecule has 118 valence electrons. The number of sulfonamides is 1. The Balaban J connectivity index is 1.86. The van der Waals surface area contributed by atoms with Crippen LogP contribution in [0.5, 0.6) is 0 Å². The van der Waals surface area contributed by atoms with Crippen LogP contribution in [0.1, 0.15) is 18.9 Å². The van der Waals surface area contributed by atoms with Crippen LogP contribution >= 0.6 is 0 Å². The number of benzene rings is 2. The minimum Gasteiger partial charge on any atom is -0.280 e. The Morgan fingerprint density at radius 2 is 1.87 bits per heavy atom. The van der Waals surface area contributed by atoms with Crippen LogP contribution < -0.4 is 4.72 Å². The van der Waals surface area contributed by atoms with E-state index in [0.717, 1.165) is 29.3 Å². The van der Waals surface area contributed by atoms with Gasteiger partial charge in [-0.15, -0.1) is 0 Å². The molecule has 1 N–H and O–H groups in total. The minimum atomic E-state index is -3.60. The molecule has 0 aliphatic rings. The number of fused-ring (bicyclic) bond motifs is 1. The SMILES string of the molecule is CCCc1ccc(S(=O)(=O)Nc2ccc3ncncc3c2)cc1. The summed E-state index contributed by atoms with van der Waals surface area (Å²) < 4.78 is 27.5. The van der Waals surface area contributed by atoms with Crippen LogP contribution in [-0.2, 0) is 16.4 Å². The zero-order chi connectivity index (χ0) is 16.3. The van der Waals surface area contributed by atoms with E-state index in [4.69, 9.17) is 0 Å². The monoisotopic (exact) mass is 327 g/mol. The van der Waals surface area contributed by atoms with Crippen molar-refractivity contribution in [1.29, 1.82) is 0 Å². The molecular formula is C17H17N3O2S. The third-order valence-electron chi connectivity index (χ3n) is 3.53. The van der Waals surface area contributed by atoms with E-state index in [2.05, 4.69) is 21.6 Å². The molecule has 3 aromatic rings. The van der Waals surface area contributed by atoms with E-state index < -0.39 is 10.0 Å². The van der Waals surface area contributed by atoms with E-state index in [0.29, 0.717) is 5.69 Å². The van der Waals surface area contributed by atoms with Gasteiger partial charge in [0.1, 0.15) is 6.33 Å². The number of hydrogen-bond donors (Lipinski definition) is 1. The quantitative estimate of drug-likeness (QED) is 0.780. The van der Waals surface area contributed by atoms with E-state index in [9.17, 15) is 8.42 Å². The number of hydrogen-bond acceptors (Lipinski definition) is 4. The van der Waals surface area contributed by atoms with Crippen molar-refractivity contribution in [2.24, 2.45) is 0 Å². The summed E-state index contributed by atoms with van der Waals surface area (Å²) in [5.41, 5.74) is 2.39. The molecule has 0 bridgehead atoms. The van der Waals surface area contributed by atoms with Crippen molar-refractivity contribution in [3.8, 4) is 0 Å². The molecule has 0 aliphatic carbocycles. The summed E-state index contributed by atoms with van der Waals surface area (Å²) in [6, 6.07) is 12.2. The minimum absolute atomic E-state index is 0.252. The average Bonchev–Trinajstić information content (AvgIpc) is 2.55. The number of rotatable bonds is 5. The summed E-state index contributed by atoms with van der Waals surface area (Å²) in [4.78, 5) is 8.31. The van der Waals surface area contributed by atoms with Crippen LogP contribution in [0.4, 0.5) is 5.69 Å². The normalized spacial score (nSPS) is 11.5. The van der Waals surface area contributed by atoms with Gasteiger partial charge in [0.15, 0.2) is 0 Å². The summed E-state index contributed by atoms with van der Waals surface area (Å²) in [6.45, 7) is 2.09. The maximum atomic E-state index is 12.5. The van der Waals surface area contributed by atoms with E-state index in [-0.39, 0.29) is 4.90 Å². The van der Waals surface area contributed by atoms with E-state index in [1.54, 1.807) is 36.5 Å². The Morgan fingerprint density at radius 1 is 1.09 bits per heavy atom. The van der Waals surface area contributed by atoms with Crippen LogP contribution in [0.15, 0.2) is 59.9 Å². The molecule has 0 radical (unpaired) electrons. The average molecular weight is 327 g/mol. The van der Waals surface area contributed by atoms with Crippen LogP contribution in [0, 0.1) is 0 Å². The van der Waals surface area contributed by atoms with Crippen molar-refractivity contribution >= 4 is 26.6 Å². The standard InChI is InChI=1S/C17H17N3O2S/c1-2-3-13-4-7-16(8-5-13)23(21,22)20-15-6-9-17-14(10-15)11-18-12-19-17/h4-12,20H,2-3H2,1H3. The van der Waals surface area contributed by atoms with Gasteiger partial charge in [-0.2, -0.15) is 0 Å². The van der Waals surface area contributed by atoms with Crippen LogP contribution in [0.3, 0.4) is 0 Å². The Bertz CT molecular complexity index is 922. The van der Waals surface area contributed by atoms with Gasteiger partial charge in [-0.05, 0) is 42.3 Å². The fourth-order valence-corrected chi connectivity index (χ4v) is 3.44. The molecular weight excluding hydrogens is 310 g/mol. The highest BCUT2D eigenvalue weighted by Crippen LogP contribution is 2.20. The van der Waals surface area contributed by atoms with Gasteiger partial charge in [0.25, 0.3) is 10.0 Å². The van der Waals surface area contributed by atoms with Gasteiger partial charge in [0.2, 0.25) is 0 Å². The summed E-state index contributed by atoms with van der Waals surface area (Å²) in [6.07, 6.45) is 5.09. The molecule has 23 heavy (non-hydrogen) atoms. The molecule has 2 aromatic carbocycles. The molecule has 0 fully saturated rings. The summed E-state index contributed by atoms with van der Waals surface area (Å²) in [7, 11) is -3.60. The molecule has 5 nitrogen and oxygen atoms in total. The van der Waals surface area contributed by atoms with Crippen LogP contribution in [0.25, 0.3) is 10.9 Å². The summed E-state index contributed by atoms with van der Waals surface area (Å²) in [5.74, 6) is 0. The van der Waals surface area contributed by atoms with Gasteiger partial charge < -0.3 is 0 Å². The molecule has 1 heterocycles. The molecule has 0 saturated carbocycles. The molecule has 0 atom stereocenters. The molecule has 0 aliphatic heterocycles. The molecule has 0 saturated heterocycles. The van der Waals surface area contributed by atoms with Crippen molar-refractivity contribution in [1.82, 2.24) is 9.97 Å².